The summed E-state index contributed by atoms with van der Waals surface area (Å²) in [6.45, 7) is 0. The third-order valence-electron chi connectivity index (χ3n) is 1.95. The molecular formula is C10H6F2O3. The number of halogens is 2. The summed E-state index contributed by atoms with van der Waals surface area (Å²) >= 11 is 0. The summed E-state index contributed by atoms with van der Waals surface area (Å²) < 4.78 is 29.3. The summed E-state index contributed by atoms with van der Waals surface area (Å²) in [4.78, 5) is 11.3. The van der Waals surface area contributed by atoms with Crippen LogP contribution in [0.1, 0.15) is 12.2 Å². The molecule has 78 valence electrons. The van der Waals surface area contributed by atoms with Gasteiger partial charge in [-0.1, -0.05) is 0 Å². The molecule has 0 atom stereocenters. The van der Waals surface area contributed by atoms with Gasteiger partial charge in [0.2, 0.25) is 0 Å². The van der Waals surface area contributed by atoms with Crippen LogP contribution >= 0.6 is 0 Å². The lowest BCUT2D eigenvalue weighted by Crippen LogP contribution is -2.02. The van der Waals surface area contributed by atoms with E-state index in [1.807, 2.05) is 0 Å². The van der Waals surface area contributed by atoms with Crippen molar-refractivity contribution in [1.29, 1.82) is 0 Å². The van der Waals surface area contributed by atoms with Gasteiger partial charge < -0.3 is 9.52 Å². The highest BCUT2D eigenvalue weighted by atomic mass is 19.3. The van der Waals surface area contributed by atoms with Gasteiger partial charge in [0.05, 0.1) is 5.39 Å². The fraction of sp³-hybridized carbons (Fsp3) is 0.100. The Hall–Kier alpha value is -1.91. The zero-order chi connectivity index (χ0) is 11.0. The number of fused-ring (bicyclic) bond motifs is 1. The van der Waals surface area contributed by atoms with Gasteiger partial charge in [0.15, 0.2) is 11.2 Å². The average Bonchev–Trinajstić information content (AvgIpc) is 2.16. The number of phenols is 1. The number of hydrogen-bond acceptors (Lipinski definition) is 3. The summed E-state index contributed by atoms with van der Waals surface area (Å²) in [5.74, 6) is -0.838. The monoisotopic (exact) mass is 212 g/mol. The lowest BCUT2D eigenvalue weighted by molar-refractivity contribution is 0.122. The Morgan fingerprint density at radius 3 is 2.67 bits per heavy atom. The zero-order valence-corrected chi connectivity index (χ0v) is 7.41. The summed E-state index contributed by atoms with van der Waals surface area (Å²) in [5, 5.41) is 9.27. The van der Waals surface area contributed by atoms with Crippen molar-refractivity contribution >= 4 is 11.0 Å². The summed E-state index contributed by atoms with van der Waals surface area (Å²) in [6, 6.07) is 4.50. The highest BCUT2D eigenvalue weighted by molar-refractivity contribution is 5.77. The van der Waals surface area contributed by atoms with Gasteiger partial charge >= 0.3 is 0 Å². The van der Waals surface area contributed by atoms with Crippen LogP contribution in [-0.2, 0) is 0 Å². The van der Waals surface area contributed by atoms with Gasteiger partial charge in [0, 0.05) is 12.1 Å². The molecule has 0 spiro atoms. The molecule has 1 heterocycles. The van der Waals surface area contributed by atoms with E-state index in [2.05, 4.69) is 0 Å². The average molecular weight is 212 g/mol. The number of phenolic OH excluding ortho intramolecular Hbond substituents is 1. The fourth-order valence-electron chi connectivity index (χ4n) is 1.27. The van der Waals surface area contributed by atoms with Gasteiger partial charge in [-0.15, -0.1) is 0 Å². The van der Waals surface area contributed by atoms with Gasteiger partial charge in [0.25, 0.3) is 6.43 Å². The van der Waals surface area contributed by atoms with Crippen LogP contribution in [-0.4, -0.2) is 5.11 Å². The van der Waals surface area contributed by atoms with Crippen molar-refractivity contribution in [2.45, 2.75) is 6.43 Å². The van der Waals surface area contributed by atoms with Gasteiger partial charge in [-0.05, 0) is 12.1 Å². The molecule has 5 heteroatoms. The van der Waals surface area contributed by atoms with Crippen LogP contribution < -0.4 is 5.43 Å². The van der Waals surface area contributed by atoms with Gasteiger partial charge in [-0.25, -0.2) is 8.78 Å². The molecule has 1 aromatic heterocycles. The molecule has 0 radical (unpaired) electrons. The molecule has 0 unspecified atom stereocenters. The van der Waals surface area contributed by atoms with Crippen molar-refractivity contribution < 1.29 is 18.3 Å². The Labute approximate surface area is 82.6 Å². The zero-order valence-electron chi connectivity index (χ0n) is 7.41. The molecule has 0 aliphatic heterocycles. The molecule has 0 aliphatic carbocycles. The molecule has 0 saturated heterocycles. The standard InChI is InChI=1S/C10H6F2O3/c11-10(12)9-4-7(14)6-2-1-5(13)3-8(6)15-9/h1-4,10,13H. The minimum absolute atomic E-state index is 0.0437. The smallest absolute Gasteiger partial charge is 0.295 e. The maximum Gasteiger partial charge on any atom is 0.295 e. The van der Waals surface area contributed by atoms with E-state index in [1.54, 1.807) is 0 Å². The second-order valence-corrected chi connectivity index (χ2v) is 2.99. The van der Waals surface area contributed by atoms with Crippen LogP contribution in [0.5, 0.6) is 5.75 Å². The van der Waals surface area contributed by atoms with E-state index in [1.165, 1.54) is 12.1 Å². The minimum atomic E-state index is -2.84. The highest BCUT2D eigenvalue weighted by Crippen LogP contribution is 2.23. The van der Waals surface area contributed by atoms with E-state index in [-0.39, 0.29) is 16.7 Å². The van der Waals surface area contributed by atoms with E-state index < -0.39 is 17.6 Å². The molecule has 0 aliphatic rings. The molecule has 2 aromatic rings. The minimum Gasteiger partial charge on any atom is -0.508 e. The Balaban J connectivity index is 2.80. The van der Waals surface area contributed by atoms with E-state index in [4.69, 9.17) is 9.52 Å². The normalized spacial score (nSPS) is 11.1. The second-order valence-electron chi connectivity index (χ2n) is 2.99. The number of rotatable bonds is 1. The van der Waals surface area contributed by atoms with Crippen molar-refractivity contribution in [3.05, 3.63) is 40.2 Å². The predicted molar refractivity (Wildman–Crippen MR) is 49.1 cm³/mol. The lowest BCUT2D eigenvalue weighted by Gasteiger charge is -2.01. The number of benzene rings is 1. The Bertz CT molecular complexity index is 560. The van der Waals surface area contributed by atoms with Crippen molar-refractivity contribution in [3.8, 4) is 5.75 Å². The lowest BCUT2D eigenvalue weighted by atomic mass is 10.2. The first-order valence-electron chi connectivity index (χ1n) is 4.13. The molecular weight excluding hydrogens is 206 g/mol. The first kappa shape index (κ1) is 9.64. The molecule has 0 fully saturated rings. The Morgan fingerprint density at radius 2 is 2.00 bits per heavy atom. The molecule has 0 bridgehead atoms. The quantitative estimate of drug-likeness (QED) is 0.789. The van der Waals surface area contributed by atoms with Crippen molar-refractivity contribution in [2.75, 3.05) is 0 Å². The predicted octanol–water partition coefficient (Wildman–Crippen LogP) is 2.44. The van der Waals surface area contributed by atoms with E-state index in [0.717, 1.165) is 12.1 Å². The summed E-state index contributed by atoms with van der Waals surface area (Å²) in [5.41, 5.74) is -0.593. The van der Waals surface area contributed by atoms with Gasteiger partial charge in [0.1, 0.15) is 11.3 Å². The molecule has 0 amide bonds. The van der Waals surface area contributed by atoms with Gasteiger partial charge in [-0.2, -0.15) is 0 Å². The van der Waals surface area contributed by atoms with Crippen LogP contribution in [0.25, 0.3) is 11.0 Å². The maximum atomic E-state index is 12.3. The fourth-order valence-corrected chi connectivity index (χ4v) is 1.27. The van der Waals surface area contributed by atoms with Crippen molar-refractivity contribution in [3.63, 3.8) is 0 Å². The Kier molecular flexibility index (Phi) is 2.15. The Morgan fingerprint density at radius 1 is 1.27 bits per heavy atom. The molecule has 1 N–H and O–H groups in total. The topological polar surface area (TPSA) is 50.4 Å². The van der Waals surface area contributed by atoms with E-state index in [9.17, 15) is 13.6 Å². The second kappa shape index (κ2) is 3.34. The first-order valence-corrected chi connectivity index (χ1v) is 4.13. The number of alkyl halides is 2. The van der Waals surface area contributed by atoms with Crippen LogP contribution in [0, 0.1) is 0 Å². The van der Waals surface area contributed by atoms with Crippen molar-refractivity contribution in [2.24, 2.45) is 0 Å². The van der Waals surface area contributed by atoms with E-state index in [0.29, 0.717) is 0 Å². The number of hydrogen-bond donors (Lipinski definition) is 1. The van der Waals surface area contributed by atoms with Crippen LogP contribution in [0.4, 0.5) is 8.78 Å². The van der Waals surface area contributed by atoms with Crippen molar-refractivity contribution in [1.82, 2.24) is 0 Å². The highest BCUT2D eigenvalue weighted by Gasteiger charge is 2.13. The molecule has 0 saturated carbocycles. The van der Waals surface area contributed by atoms with E-state index >= 15 is 0 Å². The van der Waals surface area contributed by atoms with Gasteiger partial charge in [-0.3, -0.25) is 4.79 Å². The molecule has 15 heavy (non-hydrogen) atoms. The third-order valence-corrected chi connectivity index (χ3v) is 1.95. The first-order chi connectivity index (χ1) is 7.08. The molecule has 3 nitrogen and oxygen atoms in total. The van der Waals surface area contributed by atoms with Crippen LogP contribution in [0.3, 0.4) is 0 Å². The third kappa shape index (κ3) is 1.68. The van der Waals surface area contributed by atoms with Crippen LogP contribution in [0.15, 0.2) is 33.5 Å². The number of aromatic hydroxyl groups is 1. The summed E-state index contributed by atoms with van der Waals surface area (Å²) in [6.07, 6.45) is -2.84. The molecule has 2 rings (SSSR count). The summed E-state index contributed by atoms with van der Waals surface area (Å²) in [7, 11) is 0. The SMILES string of the molecule is O=c1cc(C(F)F)oc2cc(O)ccc12. The maximum absolute atomic E-state index is 12.3. The molecule has 1 aromatic carbocycles. The van der Waals surface area contributed by atoms with Crippen LogP contribution in [0.2, 0.25) is 0 Å². The largest absolute Gasteiger partial charge is 0.508 e.